The molecule has 7 nitrogen and oxygen atoms in total. The second-order valence-electron chi connectivity index (χ2n) is 9.10. The molecule has 0 N–H and O–H groups in total. The molecule has 1 unspecified atom stereocenters. The molecule has 0 radical (unpaired) electrons. The van der Waals surface area contributed by atoms with Crippen molar-refractivity contribution in [1.29, 1.82) is 5.26 Å². The molecule has 0 aliphatic carbocycles. The number of nitrogens with zero attached hydrogens (tertiary/aromatic N) is 2. The van der Waals surface area contributed by atoms with Crippen LogP contribution in [0.4, 0.5) is 0 Å². The lowest BCUT2D eigenvalue weighted by molar-refractivity contribution is 0.0471. The van der Waals surface area contributed by atoms with Gasteiger partial charge in [0, 0.05) is 26.7 Å². The zero-order valence-corrected chi connectivity index (χ0v) is 22.4. The molecule has 0 amide bonds. The third kappa shape index (κ3) is 5.69. The van der Waals surface area contributed by atoms with E-state index in [0.717, 1.165) is 22.0 Å². The van der Waals surface area contributed by atoms with Gasteiger partial charge in [-0.25, -0.2) is 4.79 Å². The average molecular weight is 539 g/mol. The lowest BCUT2D eigenvalue weighted by Crippen LogP contribution is -2.33. The fraction of sp³-hybridized carbons (Fsp3) is 0.194. The van der Waals surface area contributed by atoms with E-state index in [4.69, 9.17) is 14.2 Å². The van der Waals surface area contributed by atoms with Gasteiger partial charge in [-0.2, -0.15) is 5.26 Å². The van der Waals surface area contributed by atoms with Crippen LogP contribution < -0.4 is 9.47 Å². The van der Waals surface area contributed by atoms with Crippen molar-refractivity contribution in [3.63, 3.8) is 0 Å². The molecule has 1 aliphatic rings. The highest BCUT2D eigenvalue weighted by Gasteiger charge is 2.24. The lowest BCUT2D eigenvalue weighted by Gasteiger charge is -2.27. The number of carbonyl (C=O) groups excluding carboxylic acids is 2. The first-order chi connectivity index (χ1) is 18.9. The van der Waals surface area contributed by atoms with Crippen LogP contribution in [0.2, 0.25) is 0 Å². The largest absolute Gasteiger partial charge is 0.486 e. The van der Waals surface area contributed by atoms with Crippen molar-refractivity contribution in [1.82, 2.24) is 4.57 Å². The summed E-state index contributed by atoms with van der Waals surface area (Å²) in [6.45, 7) is 4.35. The molecule has 196 valence electrons. The van der Waals surface area contributed by atoms with E-state index < -0.39 is 5.97 Å². The SMILES string of the molecule is Cc1cc(C(=O)COC(=O)c2ccccc2Sc2ccccc2C#N)c(C)n1CC1COc2ccccc2O1. The Labute approximate surface area is 230 Å². The van der Waals surface area contributed by atoms with E-state index in [2.05, 4.69) is 6.07 Å². The summed E-state index contributed by atoms with van der Waals surface area (Å²) in [6.07, 6.45) is -0.203. The number of nitriles is 1. The van der Waals surface area contributed by atoms with Crippen LogP contribution in [-0.2, 0) is 11.3 Å². The summed E-state index contributed by atoms with van der Waals surface area (Å²) in [6, 6.07) is 25.7. The molecule has 2 heterocycles. The van der Waals surface area contributed by atoms with E-state index >= 15 is 0 Å². The van der Waals surface area contributed by atoms with E-state index in [9.17, 15) is 14.9 Å². The van der Waals surface area contributed by atoms with Crippen LogP contribution >= 0.6 is 11.8 Å². The first kappa shape index (κ1) is 26.1. The van der Waals surface area contributed by atoms with Gasteiger partial charge in [0.25, 0.3) is 0 Å². The van der Waals surface area contributed by atoms with Gasteiger partial charge in [0.2, 0.25) is 5.78 Å². The molecule has 8 heteroatoms. The van der Waals surface area contributed by atoms with Gasteiger partial charge in [-0.15, -0.1) is 0 Å². The highest BCUT2D eigenvalue weighted by molar-refractivity contribution is 7.99. The molecule has 4 aromatic rings. The molecule has 1 atom stereocenters. The van der Waals surface area contributed by atoms with Crippen molar-refractivity contribution in [2.75, 3.05) is 13.2 Å². The average Bonchev–Trinajstić information content (AvgIpc) is 3.24. The van der Waals surface area contributed by atoms with Crippen molar-refractivity contribution >= 4 is 23.5 Å². The van der Waals surface area contributed by atoms with Gasteiger partial charge in [-0.1, -0.05) is 48.2 Å². The van der Waals surface area contributed by atoms with Gasteiger partial charge in [-0.3, -0.25) is 4.79 Å². The predicted octanol–water partition coefficient (Wildman–Crippen LogP) is 6.01. The van der Waals surface area contributed by atoms with Crippen LogP contribution in [0.3, 0.4) is 0 Å². The lowest BCUT2D eigenvalue weighted by atomic mass is 10.1. The number of benzene rings is 3. The minimum Gasteiger partial charge on any atom is -0.486 e. The van der Waals surface area contributed by atoms with Crippen LogP contribution in [0.1, 0.15) is 37.7 Å². The van der Waals surface area contributed by atoms with Crippen molar-refractivity contribution in [2.24, 2.45) is 0 Å². The van der Waals surface area contributed by atoms with Crippen LogP contribution in [0.15, 0.2) is 88.7 Å². The number of hydrogen-bond donors (Lipinski definition) is 0. The maximum absolute atomic E-state index is 13.1. The Morgan fingerprint density at radius 3 is 2.46 bits per heavy atom. The summed E-state index contributed by atoms with van der Waals surface area (Å²) in [4.78, 5) is 27.5. The first-order valence-corrected chi connectivity index (χ1v) is 13.3. The summed E-state index contributed by atoms with van der Waals surface area (Å²) in [5, 5.41) is 9.40. The van der Waals surface area contributed by atoms with Gasteiger partial charge in [0.05, 0.1) is 17.7 Å². The number of Topliss-reactive ketones (excluding diaryl/α,β-unsaturated/α-hetero) is 1. The Bertz CT molecular complexity index is 1590. The van der Waals surface area contributed by atoms with Crippen LogP contribution in [0, 0.1) is 25.2 Å². The van der Waals surface area contributed by atoms with E-state index in [1.54, 1.807) is 30.3 Å². The Balaban J connectivity index is 1.25. The van der Waals surface area contributed by atoms with E-state index in [1.807, 2.05) is 66.9 Å². The second-order valence-corrected chi connectivity index (χ2v) is 10.2. The molecule has 1 aliphatic heterocycles. The Hall–Kier alpha value is -4.48. The van der Waals surface area contributed by atoms with Crippen molar-refractivity contribution in [3.05, 3.63) is 107 Å². The van der Waals surface area contributed by atoms with Gasteiger partial charge in [0.15, 0.2) is 24.2 Å². The van der Waals surface area contributed by atoms with Gasteiger partial charge < -0.3 is 18.8 Å². The number of hydrogen-bond acceptors (Lipinski definition) is 7. The molecule has 1 aromatic heterocycles. The molecular formula is C31H26N2O5S. The van der Waals surface area contributed by atoms with Crippen molar-refractivity contribution in [3.8, 4) is 17.6 Å². The fourth-order valence-corrected chi connectivity index (χ4v) is 5.51. The Morgan fingerprint density at radius 1 is 0.974 bits per heavy atom. The van der Waals surface area contributed by atoms with E-state index in [1.165, 1.54) is 11.8 Å². The first-order valence-electron chi connectivity index (χ1n) is 12.5. The minimum atomic E-state index is -0.596. The third-order valence-corrected chi connectivity index (χ3v) is 7.65. The van der Waals surface area contributed by atoms with Gasteiger partial charge in [0.1, 0.15) is 12.7 Å². The molecule has 5 rings (SSSR count). The third-order valence-electron chi connectivity index (χ3n) is 6.50. The number of aryl methyl sites for hydroxylation is 1. The normalized spacial score (nSPS) is 13.9. The number of aromatic nitrogens is 1. The smallest absolute Gasteiger partial charge is 0.339 e. The van der Waals surface area contributed by atoms with Crippen LogP contribution in [0.25, 0.3) is 0 Å². The minimum absolute atomic E-state index is 0.203. The molecule has 39 heavy (non-hydrogen) atoms. The quantitative estimate of drug-likeness (QED) is 0.201. The van der Waals surface area contributed by atoms with Crippen molar-refractivity contribution in [2.45, 2.75) is 36.3 Å². The standard InChI is InChI=1S/C31H26N2O5S/c1-20-15-25(21(2)33(20)17-23-18-36-27-11-5-6-12-28(27)38-23)26(34)19-37-31(35)24-10-4-8-14-30(24)39-29-13-7-3-9-22(29)16-32/h3-15,23H,17-19H2,1-2H3. The topological polar surface area (TPSA) is 90.6 Å². The highest BCUT2D eigenvalue weighted by atomic mass is 32.2. The number of fused-ring (bicyclic) bond motifs is 1. The summed E-state index contributed by atoms with van der Waals surface area (Å²) in [5.41, 5.74) is 3.04. The number of carbonyl (C=O) groups is 2. The van der Waals surface area contributed by atoms with Gasteiger partial charge in [-0.05, 0) is 56.3 Å². The maximum atomic E-state index is 13.1. The second kappa shape index (κ2) is 11.5. The number of ether oxygens (including phenoxy) is 3. The Morgan fingerprint density at radius 2 is 1.67 bits per heavy atom. The predicted molar refractivity (Wildman–Crippen MR) is 147 cm³/mol. The summed E-state index contributed by atoms with van der Waals surface area (Å²) < 4.78 is 19.4. The molecule has 0 fully saturated rings. The number of para-hydroxylation sites is 2. The molecule has 0 saturated carbocycles. The summed E-state index contributed by atoms with van der Waals surface area (Å²) >= 11 is 1.31. The number of esters is 1. The van der Waals surface area contributed by atoms with Gasteiger partial charge >= 0.3 is 5.97 Å². The van der Waals surface area contributed by atoms with Crippen LogP contribution in [0.5, 0.6) is 11.5 Å². The van der Waals surface area contributed by atoms with E-state index in [0.29, 0.717) is 40.5 Å². The number of ketones is 1. The molecule has 0 bridgehead atoms. The fourth-order valence-electron chi connectivity index (χ4n) is 4.50. The Kier molecular flexibility index (Phi) is 7.71. The molecule has 0 spiro atoms. The molecule has 0 saturated heterocycles. The van der Waals surface area contributed by atoms with E-state index in [-0.39, 0.29) is 18.5 Å². The zero-order chi connectivity index (χ0) is 27.4. The van der Waals surface area contributed by atoms with Crippen LogP contribution in [-0.4, -0.2) is 35.6 Å². The summed E-state index contributed by atoms with van der Waals surface area (Å²) in [5.74, 6) is 0.547. The zero-order valence-electron chi connectivity index (χ0n) is 21.5. The maximum Gasteiger partial charge on any atom is 0.339 e. The molecular weight excluding hydrogens is 512 g/mol. The highest BCUT2D eigenvalue weighted by Crippen LogP contribution is 2.33. The number of rotatable bonds is 8. The monoisotopic (exact) mass is 538 g/mol. The molecule has 3 aromatic carbocycles. The summed E-state index contributed by atoms with van der Waals surface area (Å²) in [7, 11) is 0. The van der Waals surface area contributed by atoms with Crippen molar-refractivity contribution < 1.29 is 23.8 Å².